The van der Waals surface area contributed by atoms with Gasteiger partial charge in [0.15, 0.2) is 0 Å². The first-order valence-electron chi connectivity index (χ1n) is 7.97. The van der Waals surface area contributed by atoms with Crippen LogP contribution in [0.5, 0.6) is 0 Å². The predicted molar refractivity (Wildman–Crippen MR) is 92.5 cm³/mol. The number of hydrogen-bond acceptors (Lipinski definition) is 7. The lowest BCUT2D eigenvalue weighted by Crippen LogP contribution is -2.31. The van der Waals surface area contributed by atoms with E-state index in [1.807, 2.05) is 24.3 Å². The number of hydrogen-bond donors (Lipinski definition) is 0. The van der Waals surface area contributed by atoms with Crippen molar-refractivity contribution in [1.29, 1.82) is 0 Å². The molecule has 0 spiro atoms. The van der Waals surface area contributed by atoms with Gasteiger partial charge in [-0.05, 0) is 12.1 Å². The third kappa shape index (κ3) is 3.35. The Morgan fingerprint density at radius 3 is 2.68 bits per heavy atom. The Morgan fingerprint density at radius 2 is 1.88 bits per heavy atom. The number of benzene rings is 1. The van der Waals surface area contributed by atoms with Gasteiger partial charge in [-0.3, -0.25) is 9.88 Å². The molecule has 0 amide bonds. The highest BCUT2D eigenvalue weighted by Crippen LogP contribution is 2.19. The zero-order valence-corrected chi connectivity index (χ0v) is 14.6. The maximum Gasteiger partial charge on any atom is 0.246 e. The van der Waals surface area contributed by atoms with Crippen LogP contribution in [0.25, 0.3) is 11.0 Å². The molecule has 3 aromatic rings. The quantitative estimate of drug-likeness (QED) is 0.656. The van der Waals surface area contributed by atoms with Crippen molar-refractivity contribution in [2.24, 2.45) is 0 Å². The molecule has 1 aliphatic heterocycles. The highest BCUT2D eigenvalue weighted by Gasteiger charge is 2.21. The zero-order chi connectivity index (χ0) is 17.4. The SMILES string of the molecule is CS(=O)(=O)c1ncc2c(n1)CCN(Cc1cnc3ccccc3n1)C2. The lowest BCUT2D eigenvalue weighted by Gasteiger charge is -2.27. The lowest BCUT2D eigenvalue weighted by atomic mass is 10.1. The molecule has 0 aliphatic carbocycles. The van der Waals surface area contributed by atoms with Gasteiger partial charge >= 0.3 is 0 Å². The van der Waals surface area contributed by atoms with Crippen molar-refractivity contribution in [3.8, 4) is 0 Å². The second-order valence-electron chi connectivity index (χ2n) is 6.21. The van der Waals surface area contributed by atoms with Gasteiger partial charge in [-0.1, -0.05) is 12.1 Å². The van der Waals surface area contributed by atoms with Crippen molar-refractivity contribution < 1.29 is 8.42 Å². The summed E-state index contributed by atoms with van der Waals surface area (Å²) in [5, 5.41) is -0.0971. The molecule has 7 nitrogen and oxygen atoms in total. The number of rotatable bonds is 3. The first-order chi connectivity index (χ1) is 12.0. The molecular formula is C17H17N5O2S. The number of fused-ring (bicyclic) bond motifs is 2. The molecule has 128 valence electrons. The van der Waals surface area contributed by atoms with Crippen LogP contribution in [0, 0.1) is 0 Å². The Balaban J connectivity index is 1.54. The van der Waals surface area contributed by atoms with Gasteiger partial charge in [0.1, 0.15) is 0 Å². The number of sulfone groups is 1. The van der Waals surface area contributed by atoms with Crippen LogP contribution in [-0.4, -0.2) is 46.1 Å². The van der Waals surface area contributed by atoms with Crippen molar-refractivity contribution in [3.05, 3.63) is 53.6 Å². The van der Waals surface area contributed by atoms with Crippen LogP contribution in [-0.2, 0) is 29.3 Å². The molecule has 4 rings (SSSR count). The maximum absolute atomic E-state index is 11.6. The van der Waals surface area contributed by atoms with Crippen LogP contribution in [0.3, 0.4) is 0 Å². The third-order valence-corrected chi connectivity index (χ3v) is 5.07. The smallest absolute Gasteiger partial charge is 0.246 e. The molecular weight excluding hydrogens is 338 g/mol. The fourth-order valence-electron chi connectivity index (χ4n) is 2.97. The molecule has 0 bridgehead atoms. The summed E-state index contributed by atoms with van der Waals surface area (Å²) in [6, 6.07) is 7.80. The largest absolute Gasteiger partial charge is 0.293 e. The molecule has 0 fully saturated rings. The van der Waals surface area contributed by atoms with E-state index in [0.29, 0.717) is 19.5 Å². The van der Waals surface area contributed by atoms with Crippen molar-refractivity contribution in [2.75, 3.05) is 12.8 Å². The summed E-state index contributed by atoms with van der Waals surface area (Å²) in [5.74, 6) is 0. The highest BCUT2D eigenvalue weighted by atomic mass is 32.2. The van der Waals surface area contributed by atoms with Gasteiger partial charge in [-0.2, -0.15) is 0 Å². The van der Waals surface area contributed by atoms with E-state index >= 15 is 0 Å². The first kappa shape index (κ1) is 16.0. The van der Waals surface area contributed by atoms with E-state index in [1.54, 1.807) is 12.4 Å². The van der Waals surface area contributed by atoms with E-state index in [0.717, 1.165) is 40.8 Å². The fraction of sp³-hybridized carbons (Fsp3) is 0.294. The minimum Gasteiger partial charge on any atom is -0.293 e. The lowest BCUT2D eigenvalue weighted by molar-refractivity contribution is 0.239. The summed E-state index contributed by atoms with van der Waals surface area (Å²) in [6.45, 7) is 2.15. The second kappa shape index (κ2) is 6.12. The summed E-state index contributed by atoms with van der Waals surface area (Å²) in [7, 11) is -3.37. The fourth-order valence-corrected chi connectivity index (χ4v) is 3.49. The van der Waals surface area contributed by atoms with Crippen molar-refractivity contribution >= 4 is 20.9 Å². The number of nitrogens with zero attached hydrogens (tertiary/aromatic N) is 5. The molecule has 0 saturated heterocycles. The van der Waals surface area contributed by atoms with Crippen LogP contribution in [0.15, 0.2) is 41.8 Å². The zero-order valence-electron chi connectivity index (χ0n) is 13.8. The molecule has 8 heteroatoms. The average molecular weight is 355 g/mol. The molecule has 0 N–H and O–H groups in total. The van der Waals surface area contributed by atoms with E-state index in [4.69, 9.17) is 0 Å². The number of aromatic nitrogens is 4. The van der Waals surface area contributed by atoms with Crippen LogP contribution < -0.4 is 0 Å². The summed E-state index contributed by atoms with van der Waals surface area (Å²) < 4.78 is 23.2. The molecule has 0 unspecified atom stereocenters. The molecule has 3 heterocycles. The monoisotopic (exact) mass is 355 g/mol. The summed E-state index contributed by atoms with van der Waals surface area (Å²) >= 11 is 0. The molecule has 25 heavy (non-hydrogen) atoms. The first-order valence-corrected chi connectivity index (χ1v) is 9.86. The van der Waals surface area contributed by atoms with Gasteiger partial charge in [0.2, 0.25) is 15.0 Å². The normalized spacial score (nSPS) is 15.2. The average Bonchev–Trinajstić information content (AvgIpc) is 2.60. The molecule has 0 radical (unpaired) electrons. The highest BCUT2D eigenvalue weighted by molar-refractivity contribution is 7.90. The Kier molecular flexibility index (Phi) is 3.93. The van der Waals surface area contributed by atoms with Crippen LogP contribution in [0.4, 0.5) is 0 Å². The van der Waals surface area contributed by atoms with E-state index < -0.39 is 9.84 Å². The van der Waals surface area contributed by atoms with E-state index in [1.165, 1.54) is 0 Å². The van der Waals surface area contributed by atoms with E-state index in [9.17, 15) is 8.42 Å². The third-order valence-electron chi connectivity index (χ3n) is 4.21. The summed E-state index contributed by atoms with van der Waals surface area (Å²) in [6.07, 6.45) is 5.25. The molecule has 2 aromatic heterocycles. The molecule has 1 aromatic carbocycles. The van der Waals surface area contributed by atoms with Gasteiger partial charge in [0.25, 0.3) is 0 Å². The predicted octanol–water partition coefficient (Wildman–Crippen LogP) is 1.38. The Morgan fingerprint density at radius 1 is 1.08 bits per heavy atom. The van der Waals surface area contributed by atoms with Crippen molar-refractivity contribution in [2.45, 2.75) is 24.7 Å². The summed E-state index contributed by atoms with van der Waals surface area (Å²) in [4.78, 5) is 19.6. The second-order valence-corrected chi connectivity index (χ2v) is 8.12. The summed E-state index contributed by atoms with van der Waals surface area (Å²) in [5.41, 5.74) is 4.47. The van der Waals surface area contributed by atoms with Crippen LogP contribution in [0.2, 0.25) is 0 Å². The number of para-hydroxylation sites is 2. The van der Waals surface area contributed by atoms with Gasteiger partial charge in [0.05, 0.1) is 28.6 Å². The van der Waals surface area contributed by atoms with Gasteiger partial charge in [0, 0.05) is 44.1 Å². The molecule has 1 aliphatic rings. The van der Waals surface area contributed by atoms with Gasteiger partial charge in [-0.25, -0.2) is 23.4 Å². The topological polar surface area (TPSA) is 88.9 Å². The minimum absolute atomic E-state index is 0.0971. The van der Waals surface area contributed by atoms with Crippen molar-refractivity contribution in [1.82, 2.24) is 24.8 Å². The van der Waals surface area contributed by atoms with Crippen LogP contribution >= 0.6 is 0 Å². The van der Waals surface area contributed by atoms with E-state index in [2.05, 4.69) is 24.8 Å². The minimum atomic E-state index is -3.37. The molecule has 0 atom stereocenters. The van der Waals surface area contributed by atoms with Gasteiger partial charge < -0.3 is 0 Å². The maximum atomic E-state index is 11.6. The standard InChI is InChI=1S/C17H17N5O2S/c1-25(23,24)17-19-8-12-10-22(7-6-14(12)21-17)11-13-9-18-15-4-2-3-5-16(15)20-13/h2-5,8-9H,6-7,10-11H2,1H3. The Hall–Kier alpha value is -2.45. The van der Waals surface area contributed by atoms with Crippen molar-refractivity contribution in [3.63, 3.8) is 0 Å². The molecule has 0 saturated carbocycles. The van der Waals surface area contributed by atoms with Gasteiger partial charge in [-0.15, -0.1) is 0 Å². The Labute approximate surface area is 145 Å². The van der Waals surface area contributed by atoms with Crippen LogP contribution in [0.1, 0.15) is 17.0 Å². The Bertz CT molecular complexity index is 1050. The van der Waals surface area contributed by atoms with E-state index in [-0.39, 0.29) is 5.16 Å².